The molecule has 1 aromatic rings. The maximum Gasteiger partial charge on any atom is 0.257 e. The summed E-state index contributed by atoms with van der Waals surface area (Å²) < 4.78 is 10.6. The highest BCUT2D eigenvalue weighted by atomic mass is 16.5. The Hall–Kier alpha value is -1.59. The Labute approximate surface area is 113 Å². The summed E-state index contributed by atoms with van der Waals surface area (Å²) in [5, 5.41) is 9.14. The third-order valence-electron chi connectivity index (χ3n) is 2.62. The van der Waals surface area contributed by atoms with Gasteiger partial charge < -0.3 is 19.5 Å². The lowest BCUT2D eigenvalue weighted by atomic mass is 10.1. The zero-order valence-electron chi connectivity index (χ0n) is 11.7. The fraction of sp³-hybridized carbons (Fsp3) is 0.500. The topological polar surface area (TPSA) is 59.0 Å². The number of aliphatic hydroxyl groups is 1. The molecule has 0 aliphatic carbocycles. The van der Waals surface area contributed by atoms with Crippen molar-refractivity contribution in [2.75, 3.05) is 34.4 Å². The van der Waals surface area contributed by atoms with Crippen LogP contribution >= 0.6 is 0 Å². The van der Waals surface area contributed by atoms with Crippen LogP contribution in [0.25, 0.3) is 0 Å². The molecule has 0 aromatic heterocycles. The molecule has 106 valence electrons. The minimum atomic E-state index is -0.119. The van der Waals surface area contributed by atoms with Crippen LogP contribution in [0, 0.1) is 0 Å². The number of benzene rings is 1. The van der Waals surface area contributed by atoms with Crippen LogP contribution in [-0.4, -0.2) is 50.3 Å². The minimum absolute atomic E-state index is 0.0785. The lowest BCUT2D eigenvalue weighted by Gasteiger charge is -2.15. The first-order valence-corrected chi connectivity index (χ1v) is 6.17. The van der Waals surface area contributed by atoms with Gasteiger partial charge in [-0.1, -0.05) is 6.07 Å². The standard InChI is InChI=1S/C14H21NO4/c1-15(2)14(17)12-6-5-11(10-16)9-13(12)19-8-4-7-18-3/h5-6,9,16H,4,7-8,10H2,1-3H3. The molecule has 0 heterocycles. The van der Waals surface area contributed by atoms with Crippen molar-refractivity contribution in [3.63, 3.8) is 0 Å². The van der Waals surface area contributed by atoms with Crippen LogP contribution in [0.1, 0.15) is 22.3 Å². The van der Waals surface area contributed by atoms with Crippen molar-refractivity contribution in [1.29, 1.82) is 0 Å². The zero-order valence-corrected chi connectivity index (χ0v) is 11.7. The number of hydrogen-bond acceptors (Lipinski definition) is 4. The van der Waals surface area contributed by atoms with E-state index in [1.54, 1.807) is 39.4 Å². The summed E-state index contributed by atoms with van der Waals surface area (Å²) in [6.07, 6.45) is 0.745. The second-order valence-electron chi connectivity index (χ2n) is 4.38. The number of nitrogens with zero attached hydrogens (tertiary/aromatic N) is 1. The van der Waals surface area contributed by atoms with Crippen LogP contribution in [0.4, 0.5) is 0 Å². The van der Waals surface area contributed by atoms with E-state index in [-0.39, 0.29) is 12.5 Å². The first-order chi connectivity index (χ1) is 9.10. The summed E-state index contributed by atoms with van der Waals surface area (Å²) in [5.74, 6) is 0.382. The highest BCUT2D eigenvalue weighted by molar-refractivity contribution is 5.96. The highest BCUT2D eigenvalue weighted by Crippen LogP contribution is 2.22. The Morgan fingerprint density at radius 2 is 2.05 bits per heavy atom. The molecule has 0 atom stereocenters. The molecule has 0 aliphatic heterocycles. The van der Waals surface area contributed by atoms with Crippen molar-refractivity contribution in [2.45, 2.75) is 13.0 Å². The van der Waals surface area contributed by atoms with Crippen LogP contribution in [0.2, 0.25) is 0 Å². The highest BCUT2D eigenvalue weighted by Gasteiger charge is 2.15. The summed E-state index contributed by atoms with van der Waals surface area (Å²) >= 11 is 0. The first-order valence-electron chi connectivity index (χ1n) is 6.17. The van der Waals surface area contributed by atoms with Gasteiger partial charge in [-0.15, -0.1) is 0 Å². The van der Waals surface area contributed by atoms with E-state index in [9.17, 15) is 4.79 Å². The molecule has 5 heteroatoms. The normalized spacial score (nSPS) is 10.3. The average Bonchev–Trinajstić information content (AvgIpc) is 2.42. The molecular formula is C14H21NO4. The Kier molecular flexibility index (Phi) is 6.32. The van der Waals surface area contributed by atoms with Gasteiger partial charge >= 0.3 is 0 Å². The number of methoxy groups -OCH3 is 1. The number of carbonyl (C=O) groups excluding carboxylic acids is 1. The molecule has 1 N–H and O–H groups in total. The third kappa shape index (κ3) is 4.54. The molecule has 1 rings (SSSR count). The molecular weight excluding hydrogens is 246 g/mol. The van der Waals surface area contributed by atoms with Gasteiger partial charge in [0.05, 0.1) is 18.8 Å². The van der Waals surface area contributed by atoms with Crippen LogP contribution < -0.4 is 4.74 Å². The van der Waals surface area contributed by atoms with Gasteiger partial charge in [0, 0.05) is 34.2 Å². The van der Waals surface area contributed by atoms with Crippen LogP contribution in [0.5, 0.6) is 5.75 Å². The average molecular weight is 267 g/mol. The third-order valence-corrected chi connectivity index (χ3v) is 2.62. The summed E-state index contributed by atoms with van der Waals surface area (Å²) in [6, 6.07) is 5.10. The molecule has 0 bridgehead atoms. The second-order valence-corrected chi connectivity index (χ2v) is 4.38. The maximum atomic E-state index is 12.0. The largest absolute Gasteiger partial charge is 0.493 e. The van der Waals surface area contributed by atoms with E-state index in [4.69, 9.17) is 14.6 Å². The summed E-state index contributed by atoms with van der Waals surface area (Å²) in [6.45, 7) is 0.998. The van der Waals surface area contributed by atoms with E-state index in [1.165, 1.54) is 4.90 Å². The summed E-state index contributed by atoms with van der Waals surface area (Å²) in [7, 11) is 5.02. The van der Waals surface area contributed by atoms with E-state index in [2.05, 4.69) is 0 Å². The van der Waals surface area contributed by atoms with Crippen molar-refractivity contribution in [3.05, 3.63) is 29.3 Å². The monoisotopic (exact) mass is 267 g/mol. The zero-order chi connectivity index (χ0) is 14.3. The van der Waals surface area contributed by atoms with Crippen molar-refractivity contribution < 1.29 is 19.4 Å². The van der Waals surface area contributed by atoms with Gasteiger partial charge in [0.1, 0.15) is 5.75 Å². The number of carbonyl (C=O) groups is 1. The molecule has 0 aliphatic rings. The van der Waals surface area contributed by atoms with E-state index in [0.29, 0.717) is 24.5 Å². The molecule has 0 fully saturated rings. The number of hydrogen-bond donors (Lipinski definition) is 1. The second kappa shape index (κ2) is 7.76. The lowest BCUT2D eigenvalue weighted by molar-refractivity contribution is 0.0822. The van der Waals surface area contributed by atoms with Crippen molar-refractivity contribution in [1.82, 2.24) is 4.90 Å². The van der Waals surface area contributed by atoms with Gasteiger partial charge in [0.15, 0.2) is 0 Å². The van der Waals surface area contributed by atoms with E-state index < -0.39 is 0 Å². The molecule has 1 amide bonds. The molecule has 0 unspecified atom stereocenters. The molecule has 0 spiro atoms. The Morgan fingerprint density at radius 1 is 1.32 bits per heavy atom. The van der Waals surface area contributed by atoms with Gasteiger partial charge in [-0.25, -0.2) is 0 Å². The summed E-state index contributed by atoms with van der Waals surface area (Å²) in [4.78, 5) is 13.5. The van der Waals surface area contributed by atoms with Gasteiger partial charge in [-0.05, 0) is 17.7 Å². The van der Waals surface area contributed by atoms with Crippen molar-refractivity contribution in [3.8, 4) is 5.75 Å². The first kappa shape index (κ1) is 15.5. The van der Waals surface area contributed by atoms with E-state index in [1.807, 2.05) is 0 Å². The molecule has 0 saturated carbocycles. The molecule has 0 saturated heterocycles. The smallest absolute Gasteiger partial charge is 0.257 e. The van der Waals surface area contributed by atoms with E-state index >= 15 is 0 Å². The lowest BCUT2D eigenvalue weighted by Crippen LogP contribution is -2.22. The molecule has 0 radical (unpaired) electrons. The fourth-order valence-electron chi connectivity index (χ4n) is 1.59. The van der Waals surface area contributed by atoms with Gasteiger partial charge in [0.2, 0.25) is 0 Å². The predicted molar refractivity (Wildman–Crippen MR) is 72.4 cm³/mol. The number of amides is 1. The Balaban J connectivity index is 2.86. The molecule has 5 nitrogen and oxygen atoms in total. The van der Waals surface area contributed by atoms with Crippen LogP contribution in [0.15, 0.2) is 18.2 Å². The summed E-state index contributed by atoms with van der Waals surface area (Å²) in [5.41, 5.74) is 1.22. The maximum absolute atomic E-state index is 12.0. The van der Waals surface area contributed by atoms with Crippen molar-refractivity contribution >= 4 is 5.91 Å². The Morgan fingerprint density at radius 3 is 2.63 bits per heavy atom. The van der Waals surface area contributed by atoms with Crippen molar-refractivity contribution in [2.24, 2.45) is 0 Å². The molecule has 1 aromatic carbocycles. The quantitative estimate of drug-likeness (QED) is 0.756. The predicted octanol–water partition coefficient (Wildman–Crippen LogP) is 1.30. The SMILES string of the molecule is COCCCOc1cc(CO)ccc1C(=O)N(C)C. The number of rotatable bonds is 7. The van der Waals surface area contributed by atoms with Gasteiger partial charge in [-0.2, -0.15) is 0 Å². The van der Waals surface area contributed by atoms with E-state index in [0.717, 1.165) is 12.0 Å². The van der Waals surface area contributed by atoms with Crippen LogP contribution in [-0.2, 0) is 11.3 Å². The fourth-order valence-corrected chi connectivity index (χ4v) is 1.59. The minimum Gasteiger partial charge on any atom is -0.493 e. The van der Waals surface area contributed by atoms with Gasteiger partial charge in [0.25, 0.3) is 5.91 Å². The molecule has 19 heavy (non-hydrogen) atoms. The Bertz CT molecular complexity index is 418. The number of ether oxygens (including phenoxy) is 2. The number of aliphatic hydroxyl groups excluding tert-OH is 1. The van der Waals surface area contributed by atoms with Crippen LogP contribution in [0.3, 0.4) is 0 Å². The van der Waals surface area contributed by atoms with Gasteiger partial charge in [-0.3, -0.25) is 4.79 Å².